The van der Waals surface area contributed by atoms with Crippen LogP contribution in [-0.4, -0.2) is 71.4 Å². The van der Waals surface area contributed by atoms with E-state index >= 15 is 0 Å². The lowest BCUT2D eigenvalue weighted by molar-refractivity contribution is -0.126. The molecule has 3 unspecified atom stereocenters. The van der Waals surface area contributed by atoms with Crippen molar-refractivity contribution in [3.05, 3.63) is 34.5 Å². The molecule has 4 N–H and O–H groups in total. The number of nitrogens with zero attached hydrogens (tertiary/aromatic N) is 2. The van der Waals surface area contributed by atoms with Crippen LogP contribution < -0.4 is 10.2 Å². The molecule has 9 heteroatoms. The van der Waals surface area contributed by atoms with Crippen LogP contribution in [0.2, 0.25) is 0 Å². The molecule has 9 nitrogen and oxygen atoms in total. The molecule has 3 rings (SSSR count). The molecule has 1 aromatic carbocycles. The Morgan fingerprint density at radius 2 is 1.90 bits per heavy atom. The Bertz CT molecular complexity index is 955. The lowest BCUT2D eigenvalue weighted by Crippen LogP contribution is -2.49. The number of aryl methyl sites for hydroxylation is 2. The fourth-order valence-electron chi connectivity index (χ4n) is 3.88. The first kappa shape index (κ1) is 23.1. The second-order valence-corrected chi connectivity index (χ2v) is 7.87. The molecule has 0 saturated heterocycles. The van der Waals surface area contributed by atoms with Gasteiger partial charge >= 0.3 is 0 Å². The van der Waals surface area contributed by atoms with Crippen LogP contribution in [0.25, 0.3) is 0 Å². The molecular formula is C22H29N3O6. The summed E-state index contributed by atoms with van der Waals surface area (Å²) >= 11 is 0. The van der Waals surface area contributed by atoms with Crippen LogP contribution in [0.1, 0.15) is 30.9 Å². The van der Waals surface area contributed by atoms with Crippen LogP contribution in [0.15, 0.2) is 28.4 Å². The molecule has 0 radical (unpaired) electrons. The molecular weight excluding hydrogens is 402 g/mol. The molecule has 0 aromatic heterocycles. The lowest BCUT2D eigenvalue weighted by atomic mass is 9.97. The zero-order valence-corrected chi connectivity index (χ0v) is 18.2. The van der Waals surface area contributed by atoms with Crippen molar-refractivity contribution >= 4 is 28.9 Å². The van der Waals surface area contributed by atoms with E-state index in [-0.39, 0.29) is 18.7 Å². The van der Waals surface area contributed by atoms with Gasteiger partial charge < -0.3 is 25.0 Å². The van der Waals surface area contributed by atoms with Gasteiger partial charge in [-0.3, -0.25) is 14.9 Å². The molecule has 2 amide bonds. The highest BCUT2D eigenvalue weighted by Crippen LogP contribution is 2.41. The van der Waals surface area contributed by atoms with Crippen molar-refractivity contribution in [3.8, 4) is 0 Å². The number of hydrogen-bond donors (Lipinski definition) is 4. The van der Waals surface area contributed by atoms with Crippen LogP contribution in [0.5, 0.6) is 0 Å². The van der Waals surface area contributed by atoms with Crippen LogP contribution in [0.3, 0.4) is 0 Å². The highest BCUT2D eigenvalue weighted by Gasteiger charge is 2.38. The number of hydrogen-bond acceptors (Lipinski definition) is 8. The molecule has 0 fully saturated rings. The maximum absolute atomic E-state index is 12.8. The van der Waals surface area contributed by atoms with Gasteiger partial charge in [-0.2, -0.15) is 0 Å². The molecule has 31 heavy (non-hydrogen) atoms. The van der Waals surface area contributed by atoms with Gasteiger partial charge in [0.2, 0.25) is 5.91 Å². The van der Waals surface area contributed by atoms with Gasteiger partial charge in [-0.05, 0) is 49.1 Å². The van der Waals surface area contributed by atoms with Crippen molar-refractivity contribution in [3.63, 3.8) is 0 Å². The molecule has 168 valence electrons. The average molecular weight is 431 g/mol. The van der Waals surface area contributed by atoms with E-state index in [0.717, 1.165) is 16.7 Å². The second kappa shape index (κ2) is 9.27. The van der Waals surface area contributed by atoms with E-state index in [2.05, 4.69) is 10.3 Å². The smallest absolute Gasteiger partial charge is 0.278 e. The molecule has 0 aliphatic carbocycles. The molecule has 2 heterocycles. The number of methoxy groups -OCH3 is 1. The zero-order chi connectivity index (χ0) is 22.9. The monoisotopic (exact) mass is 431 g/mol. The molecule has 0 bridgehead atoms. The van der Waals surface area contributed by atoms with Crippen LogP contribution in [-0.2, 0) is 14.3 Å². The van der Waals surface area contributed by atoms with Gasteiger partial charge in [0, 0.05) is 7.11 Å². The summed E-state index contributed by atoms with van der Waals surface area (Å²) in [6.07, 6.45) is -3.07. The predicted molar refractivity (Wildman–Crippen MR) is 115 cm³/mol. The Balaban J connectivity index is 2.20. The summed E-state index contributed by atoms with van der Waals surface area (Å²) in [5.74, 6) is -0.982. The number of benzene rings is 1. The summed E-state index contributed by atoms with van der Waals surface area (Å²) in [5, 5.41) is 32.0. The minimum absolute atomic E-state index is 0.0484. The SMILES string of the molecule is CCC1=C2C(=Nc3cc(C)c(C)cc3N2CC(OC)C(O)C(O)CO)C(=O)NC(=O)C1. The van der Waals surface area contributed by atoms with Crippen molar-refractivity contribution in [2.45, 2.75) is 51.9 Å². The van der Waals surface area contributed by atoms with Crippen molar-refractivity contribution in [2.24, 2.45) is 4.99 Å². The Morgan fingerprint density at radius 1 is 1.23 bits per heavy atom. The summed E-state index contributed by atoms with van der Waals surface area (Å²) in [5.41, 5.74) is 4.66. The summed E-state index contributed by atoms with van der Waals surface area (Å²) in [6, 6.07) is 3.81. The number of ether oxygens (including phenoxy) is 1. The lowest BCUT2D eigenvalue weighted by Gasteiger charge is -2.37. The third-order valence-corrected chi connectivity index (χ3v) is 5.84. The molecule has 3 atom stereocenters. The number of carbonyl (C=O) groups is 2. The van der Waals surface area contributed by atoms with Crippen molar-refractivity contribution in [2.75, 3.05) is 25.2 Å². The maximum Gasteiger partial charge on any atom is 0.278 e. The number of rotatable bonds is 7. The van der Waals surface area contributed by atoms with Gasteiger partial charge in [0.25, 0.3) is 5.91 Å². The number of aliphatic hydroxyl groups is 3. The van der Waals surface area contributed by atoms with Gasteiger partial charge in [0.05, 0.1) is 36.6 Å². The Labute approximate surface area is 181 Å². The zero-order valence-electron chi connectivity index (χ0n) is 18.2. The number of nitrogens with one attached hydrogen (secondary N) is 1. The van der Waals surface area contributed by atoms with Gasteiger partial charge in [0.15, 0.2) is 5.71 Å². The van der Waals surface area contributed by atoms with Gasteiger partial charge in [-0.25, -0.2) is 4.99 Å². The Morgan fingerprint density at radius 3 is 2.52 bits per heavy atom. The number of carbonyl (C=O) groups excluding carboxylic acids is 2. The standard InChI is InChI=1S/C22H29N3O6/c1-5-13-8-18(28)24-22(30)19-20(13)25(9-17(31-4)21(29)16(27)10-26)15-7-12(3)11(2)6-14(15)23-19/h6-7,16-17,21,26-27,29H,5,8-10H2,1-4H3,(H,24,28,30). The van der Waals surface area contributed by atoms with Crippen LogP contribution in [0, 0.1) is 13.8 Å². The highest BCUT2D eigenvalue weighted by atomic mass is 16.5. The first-order chi connectivity index (χ1) is 14.7. The van der Waals surface area contributed by atoms with Crippen LogP contribution >= 0.6 is 0 Å². The van der Waals surface area contributed by atoms with E-state index in [1.54, 1.807) is 0 Å². The van der Waals surface area contributed by atoms with Gasteiger partial charge in [-0.15, -0.1) is 0 Å². The second-order valence-electron chi connectivity index (χ2n) is 7.87. The van der Waals surface area contributed by atoms with Crippen molar-refractivity contribution in [1.82, 2.24) is 5.32 Å². The predicted octanol–water partition coefficient (Wildman–Crippen LogP) is 0.636. The summed E-state index contributed by atoms with van der Waals surface area (Å²) in [4.78, 5) is 31.4. The summed E-state index contributed by atoms with van der Waals surface area (Å²) in [7, 11) is 1.40. The van der Waals surface area contributed by atoms with Gasteiger partial charge in [-0.1, -0.05) is 6.92 Å². The minimum atomic E-state index is -1.39. The van der Waals surface area contributed by atoms with E-state index in [4.69, 9.17) is 4.74 Å². The number of fused-ring (bicyclic) bond motifs is 2. The average Bonchev–Trinajstić information content (AvgIpc) is 2.86. The van der Waals surface area contributed by atoms with E-state index in [1.165, 1.54) is 7.11 Å². The van der Waals surface area contributed by atoms with E-state index in [9.17, 15) is 24.9 Å². The molecule has 0 saturated carbocycles. The van der Waals surface area contributed by atoms with Crippen molar-refractivity contribution in [1.29, 1.82) is 0 Å². The maximum atomic E-state index is 12.8. The number of imide groups is 1. The molecule has 0 spiro atoms. The number of anilines is 1. The van der Waals surface area contributed by atoms with Crippen molar-refractivity contribution < 1.29 is 29.6 Å². The first-order valence-electron chi connectivity index (χ1n) is 10.3. The summed E-state index contributed by atoms with van der Waals surface area (Å²) < 4.78 is 5.44. The van der Waals surface area contributed by atoms with Crippen LogP contribution in [0.4, 0.5) is 11.4 Å². The third kappa shape index (κ3) is 4.40. The highest BCUT2D eigenvalue weighted by molar-refractivity contribution is 6.49. The Hall–Kier alpha value is -2.59. The van der Waals surface area contributed by atoms with E-state index < -0.39 is 36.7 Å². The third-order valence-electron chi connectivity index (χ3n) is 5.84. The number of amides is 2. The van der Waals surface area contributed by atoms with E-state index in [1.807, 2.05) is 37.8 Å². The largest absolute Gasteiger partial charge is 0.394 e. The van der Waals surface area contributed by atoms with Gasteiger partial charge in [0.1, 0.15) is 18.3 Å². The topological polar surface area (TPSA) is 132 Å². The Kier molecular flexibility index (Phi) is 6.90. The fraction of sp³-hybridized carbons (Fsp3) is 0.500. The quantitative estimate of drug-likeness (QED) is 0.466. The molecule has 2 aliphatic rings. The minimum Gasteiger partial charge on any atom is -0.394 e. The first-order valence-corrected chi connectivity index (χ1v) is 10.3. The number of aliphatic imine (C=N–C) groups is 1. The number of aliphatic hydroxyl groups excluding tert-OH is 3. The molecule has 2 aliphatic heterocycles. The normalized spacial score (nSPS) is 19.2. The van der Waals surface area contributed by atoms with E-state index in [0.29, 0.717) is 23.5 Å². The fourth-order valence-corrected chi connectivity index (χ4v) is 3.88. The molecule has 1 aromatic rings. The summed E-state index contributed by atoms with van der Waals surface area (Å²) in [6.45, 7) is 5.25.